The van der Waals surface area contributed by atoms with Crippen molar-refractivity contribution in [1.82, 2.24) is 5.32 Å². The molecule has 1 aliphatic heterocycles. The second-order valence-corrected chi connectivity index (χ2v) is 7.10. The summed E-state index contributed by atoms with van der Waals surface area (Å²) in [5.41, 5.74) is 1.13. The number of fused-ring (bicyclic) bond motifs is 1. The number of ether oxygens (including phenoxy) is 5. The van der Waals surface area contributed by atoms with E-state index in [9.17, 15) is 0 Å². The third-order valence-electron chi connectivity index (χ3n) is 5.16. The predicted molar refractivity (Wildman–Crippen MR) is 119 cm³/mol. The third-order valence-corrected chi connectivity index (χ3v) is 5.16. The Morgan fingerprint density at radius 1 is 0.871 bits per heavy atom. The summed E-state index contributed by atoms with van der Waals surface area (Å²) in [5.74, 6) is 3.41. The van der Waals surface area contributed by atoms with Crippen LogP contribution in [0.1, 0.15) is 11.6 Å². The maximum Gasteiger partial charge on any atom is 0.203 e. The average molecular weight is 421 g/mol. The van der Waals surface area contributed by atoms with Crippen molar-refractivity contribution in [3.63, 3.8) is 0 Å². The molecule has 0 saturated heterocycles. The van der Waals surface area contributed by atoms with Gasteiger partial charge in [0.2, 0.25) is 5.75 Å². The molecular formula is C25H27NO5. The van der Waals surface area contributed by atoms with Crippen LogP contribution in [-0.2, 0) is 0 Å². The molecule has 1 aliphatic rings. The summed E-state index contributed by atoms with van der Waals surface area (Å²) in [7, 11) is 3.23. The topological polar surface area (TPSA) is 58.2 Å². The van der Waals surface area contributed by atoms with Crippen LogP contribution in [-0.4, -0.2) is 40.1 Å². The van der Waals surface area contributed by atoms with Crippen LogP contribution < -0.4 is 29.0 Å². The van der Waals surface area contributed by atoms with Crippen molar-refractivity contribution in [2.75, 3.05) is 34.0 Å². The average Bonchev–Trinajstić information content (AvgIpc) is 2.84. The first-order valence-corrected chi connectivity index (χ1v) is 10.3. The Bertz CT molecular complexity index is 956. The number of para-hydroxylation sites is 3. The summed E-state index contributed by atoms with van der Waals surface area (Å²) in [6.45, 7) is 1.50. The summed E-state index contributed by atoms with van der Waals surface area (Å²) in [4.78, 5) is 0. The minimum atomic E-state index is -0.168. The highest BCUT2D eigenvalue weighted by Crippen LogP contribution is 2.37. The maximum absolute atomic E-state index is 6.27. The van der Waals surface area contributed by atoms with Crippen LogP contribution in [0.25, 0.3) is 0 Å². The van der Waals surface area contributed by atoms with Crippen molar-refractivity contribution >= 4 is 0 Å². The highest BCUT2D eigenvalue weighted by Gasteiger charge is 2.29. The number of nitrogens with one attached hydrogen (secondary N) is 1. The Kier molecular flexibility index (Phi) is 6.79. The second kappa shape index (κ2) is 10.1. The van der Waals surface area contributed by atoms with Gasteiger partial charge >= 0.3 is 0 Å². The van der Waals surface area contributed by atoms with E-state index in [-0.39, 0.29) is 12.1 Å². The number of hydrogen-bond donors (Lipinski definition) is 1. The van der Waals surface area contributed by atoms with E-state index < -0.39 is 0 Å². The minimum absolute atomic E-state index is 0.0577. The fourth-order valence-corrected chi connectivity index (χ4v) is 3.65. The zero-order valence-corrected chi connectivity index (χ0v) is 17.7. The quantitative estimate of drug-likeness (QED) is 0.521. The van der Waals surface area contributed by atoms with Crippen LogP contribution in [0.4, 0.5) is 0 Å². The molecule has 0 bridgehead atoms. The number of benzene rings is 3. The summed E-state index contributed by atoms with van der Waals surface area (Å²) in [6, 6.07) is 23.5. The molecule has 31 heavy (non-hydrogen) atoms. The lowest BCUT2D eigenvalue weighted by Crippen LogP contribution is -2.42. The molecule has 0 aliphatic carbocycles. The van der Waals surface area contributed by atoms with Crippen molar-refractivity contribution < 1.29 is 23.7 Å². The van der Waals surface area contributed by atoms with Crippen LogP contribution in [0.5, 0.6) is 28.7 Å². The Morgan fingerprint density at radius 2 is 1.55 bits per heavy atom. The highest BCUT2D eigenvalue weighted by molar-refractivity contribution is 5.51. The molecule has 0 aromatic heterocycles. The fourth-order valence-electron chi connectivity index (χ4n) is 3.65. The van der Waals surface area contributed by atoms with Gasteiger partial charge in [0.15, 0.2) is 29.1 Å². The summed E-state index contributed by atoms with van der Waals surface area (Å²) >= 11 is 0. The molecule has 1 heterocycles. The lowest BCUT2D eigenvalue weighted by atomic mass is 10.0. The number of rotatable bonds is 9. The second-order valence-electron chi connectivity index (χ2n) is 7.10. The molecule has 6 heteroatoms. The third kappa shape index (κ3) is 4.86. The van der Waals surface area contributed by atoms with Gasteiger partial charge in [-0.3, -0.25) is 0 Å². The van der Waals surface area contributed by atoms with Gasteiger partial charge in [0.25, 0.3) is 0 Å². The van der Waals surface area contributed by atoms with Crippen molar-refractivity contribution in [3.05, 3.63) is 78.4 Å². The molecular weight excluding hydrogens is 394 g/mol. The Balaban J connectivity index is 1.44. The first-order valence-electron chi connectivity index (χ1n) is 10.3. The van der Waals surface area contributed by atoms with Gasteiger partial charge in [-0.15, -0.1) is 0 Å². The minimum Gasteiger partial charge on any atom is -0.493 e. The normalized spacial score (nSPS) is 15.7. The first kappa shape index (κ1) is 20.9. The summed E-state index contributed by atoms with van der Waals surface area (Å²) < 4.78 is 29.0. The van der Waals surface area contributed by atoms with Crippen LogP contribution >= 0.6 is 0 Å². The van der Waals surface area contributed by atoms with E-state index in [1.807, 2.05) is 60.7 Å². The molecule has 1 N–H and O–H groups in total. The lowest BCUT2D eigenvalue weighted by molar-refractivity contribution is 0.0604. The van der Waals surface area contributed by atoms with Crippen LogP contribution in [0.2, 0.25) is 0 Å². The van der Waals surface area contributed by atoms with Crippen molar-refractivity contribution in [2.24, 2.45) is 0 Å². The molecule has 162 valence electrons. The van der Waals surface area contributed by atoms with E-state index in [4.69, 9.17) is 23.7 Å². The van der Waals surface area contributed by atoms with E-state index in [0.717, 1.165) is 17.1 Å². The van der Waals surface area contributed by atoms with Gasteiger partial charge in [0, 0.05) is 6.54 Å². The molecule has 6 nitrogen and oxygen atoms in total. The zero-order valence-electron chi connectivity index (χ0n) is 17.7. The van der Waals surface area contributed by atoms with E-state index in [1.165, 1.54) is 0 Å². The number of hydrogen-bond acceptors (Lipinski definition) is 6. The lowest BCUT2D eigenvalue weighted by Gasteiger charge is -2.33. The van der Waals surface area contributed by atoms with Gasteiger partial charge < -0.3 is 29.0 Å². The SMILES string of the molecule is COc1cccc(OC)c1OCCNC(c1ccccc1)[C@H]1COc2ccccc2O1. The summed E-state index contributed by atoms with van der Waals surface area (Å²) in [5, 5.41) is 3.57. The van der Waals surface area contributed by atoms with Crippen LogP contribution in [0, 0.1) is 0 Å². The molecule has 2 atom stereocenters. The Hall–Kier alpha value is -3.38. The molecule has 0 fully saturated rings. The van der Waals surface area contributed by atoms with Gasteiger partial charge in [0.1, 0.15) is 13.2 Å². The Morgan fingerprint density at radius 3 is 2.26 bits per heavy atom. The van der Waals surface area contributed by atoms with Crippen LogP contribution in [0.3, 0.4) is 0 Å². The maximum atomic E-state index is 6.27. The molecule has 1 unspecified atom stereocenters. The van der Waals surface area contributed by atoms with E-state index in [0.29, 0.717) is 37.0 Å². The molecule has 3 aromatic rings. The molecule has 0 amide bonds. The summed E-state index contributed by atoms with van der Waals surface area (Å²) in [6.07, 6.45) is -0.168. The van der Waals surface area contributed by atoms with E-state index >= 15 is 0 Å². The van der Waals surface area contributed by atoms with Gasteiger partial charge in [0.05, 0.1) is 20.3 Å². The molecule has 4 rings (SSSR count). The van der Waals surface area contributed by atoms with Crippen molar-refractivity contribution in [1.29, 1.82) is 0 Å². The molecule has 0 spiro atoms. The molecule has 3 aromatic carbocycles. The predicted octanol–water partition coefficient (Wildman–Crippen LogP) is 4.25. The van der Waals surface area contributed by atoms with E-state index in [2.05, 4.69) is 17.4 Å². The van der Waals surface area contributed by atoms with Gasteiger partial charge in [-0.2, -0.15) is 0 Å². The van der Waals surface area contributed by atoms with Crippen molar-refractivity contribution in [2.45, 2.75) is 12.1 Å². The van der Waals surface area contributed by atoms with Gasteiger partial charge in [-0.1, -0.05) is 48.5 Å². The van der Waals surface area contributed by atoms with Crippen molar-refractivity contribution in [3.8, 4) is 28.7 Å². The van der Waals surface area contributed by atoms with Crippen LogP contribution in [0.15, 0.2) is 72.8 Å². The largest absolute Gasteiger partial charge is 0.493 e. The molecule has 0 radical (unpaired) electrons. The van der Waals surface area contributed by atoms with Gasteiger partial charge in [-0.05, 0) is 29.8 Å². The highest BCUT2D eigenvalue weighted by atomic mass is 16.6. The fraction of sp³-hybridized carbons (Fsp3) is 0.280. The zero-order chi connectivity index (χ0) is 21.5. The number of methoxy groups -OCH3 is 2. The first-order chi connectivity index (χ1) is 15.3. The smallest absolute Gasteiger partial charge is 0.203 e. The Labute approximate surface area is 182 Å². The molecule has 0 saturated carbocycles. The monoisotopic (exact) mass is 421 g/mol. The van der Waals surface area contributed by atoms with E-state index in [1.54, 1.807) is 14.2 Å². The standard InChI is InChI=1S/C25H27NO5/c1-27-21-13-8-14-22(28-2)25(21)29-16-15-26-24(18-9-4-3-5-10-18)23-17-30-19-11-6-7-12-20(19)31-23/h3-14,23-24,26H,15-17H2,1-2H3/t23-,24?/m1/s1. The van der Waals surface area contributed by atoms with Gasteiger partial charge in [-0.25, -0.2) is 0 Å².